The highest BCUT2D eigenvalue weighted by Gasteiger charge is 2.48. The molecule has 0 radical (unpaired) electrons. The lowest BCUT2D eigenvalue weighted by molar-refractivity contribution is -0.286. The third-order valence-electron chi connectivity index (χ3n) is 10.2. The summed E-state index contributed by atoms with van der Waals surface area (Å²) in [5.74, 6) is -4.08. The zero-order valence-corrected chi connectivity index (χ0v) is 30.7. The fourth-order valence-corrected chi connectivity index (χ4v) is 6.94. The Morgan fingerprint density at radius 3 is 1.82 bits per heavy atom. The van der Waals surface area contributed by atoms with Crippen molar-refractivity contribution < 1.29 is 59.0 Å². The number of aliphatic hydroxyl groups excluding tert-OH is 3. The maximum Gasteiger partial charge on any atom is 0.335 e. The summed E-state index contributed by atoms with van der Waals surface area (Å²) in [6.07, 6.45) is -3.07. The van der Waals surface area contributed by atoms with Crippen LogP contribution in [-0.4, -0.2) is 95.9 Å². The molecule has 2 aromatic heterocycles. The number of allylic oxidation sites excluding steroid dienone is 2. The number of carbonyl (C=O) groups excluding carboxylic acids is 3. The Balaban J connectivity index is 1.51. The molecule has 5 atom stereocenters. The van der Waals surface area contributed by atoms with Crippen molar-refractivity contribution in [3.8, 4) is 0 Å². The SMILES string of the molecule is C=CC1=C(C)/C(=C\c2[nH]c(Cc3[nH]c(/C=C4/NC(=O)C(C)=C4C=C)c(C)c3CCC(=O)O[C@@H]3O[C@H](C(=O)O)[C@@H](O)[C@H](O)[C@H]3O)c(CCC(=O)O)c2C)NC1=O. The van der Waals surface area contributed by atoms with E-state index in [9.17, 15) is 49.5 Å². The number of rotatable bonds is 14. The van der Waals surface area contributed by atoms with Crippen LogP contribution in [0.15, 0.2) is 59.0 Å². The van der Waals surface area contributed by atoms with Crippen molar-refractivity contribution in [1.82, 2.24) is 20.6 Å². The predicted molar refractivity (Wildman–Crippen MR) is 197 cm³/mol. The van der Waals surface area contributed by atoms with Crippen LogP contribution in [0.1, 0.15) is 71.7 Å². The Labute approximate surface area is 315 Å². The zero-order chi connectivity index (χ0) is 40.5. The monoisotopic (exact) mass is 760 g/mol. The number of hydrogen-bond donors (Lipinski definition) is 9. The molecule has 0 aliphatic carbocycles. The summed E-state index contributed by atoms with van der Waals surface area (Å²) < 4.78 is 10.3. The average Bonchev–Trinajstić information content (AvgIpc) is 3.78. The number of aliphatic hydroxyl groups is 3. The second-order valence-corrected chi connectivity index (χ2v) is 13.5. The van der Waals surface area contributed by atoms with Gasteiger partial charge in [0.2, 0.25) is 6.29 Å². The van der Waals surface area contributed by atoms with Crippen LogP contribution in [0.25, 0.3) is 12.2 Å². The molecule has 0 bridgehead atoms. The van der Waals surface area contributed by atoms with Crippen molar-refractivity contribution in [3.05, 3.63) is 104 Å². The van der Waals surface area contributed by atoms with Crippen LogP contribution in [0.3, 0.4) is 0 Å². The number of carboxylic acids is 2. The summed E-state index contributed by atoms with van der Waals surface area (Å²) in [5, 5.41) is 55.1. The highest BCUT2D eigenvalue weighted by molar-refractivity contribution is 6.03. The van der Waals surface area contributed by atoms with Gasteiger partial charge in [0, 0.05) is 64.5 Å². The number of nitrogens with one attached hydrogen (secondary N) is 4. The van der Waals surface area contributed by atoms with Gasteiger partial charge in [-0.25, -0.2) is 4.79 Å². The van der Waals surface area contributed by atoms with E-state index in [0.717, 1.165) is 11.1 Å². The Kier molecular flexibility index (Phi) is 12.0. The number of H-pyrrole nitrogens is 2. The first kappa shape index (κ1) is 40.4. The normalized spacial score (nSPS) is 24.1. The summed E-state index contributed by atoms with van der Waals surface area (Å²) in [6.45, 7) is 14.7. The van der Waals surface area contributed by atoms with E-state index in [2.05, 4.69) is 33.8 Å². The van der Waals surface area contributed by atoms with Gasteiger partial charge in [-0.15, -0.1) is 0 Å². The van der Waals surface area contributed by atoms with Crippen molar-refractivity contribution in [2.24, 2.45) is 0 Å². The van der Waals surface area contributed by atoms with Crippen molar-refractivity contribution in [1.29, 1.82) is 0 Å². The minimum atomic E-state index is -1.96. The van der Waals surface area contributed by atoms with Crippen LogP contribution in [0, 0.1) is 13.8 Å². The van der Waals surface area contributed by atoms with Gasteiger partial charge < -0.3 is 55.6 Å². The smallest absolute Gasteiger partial charge is 0.335 e. The maximum absolute atomic E-state index is 13.1. The van der Waals surface area contributed by atoms with E-state index < -0.39 is 48.6 Å². The minimum Gasteiger partial charge on any atom is -0.481 e. The quantitative estimate of drug-likeness (QED) is 0.125. The molecule has 5 heterocycles. The first-order valence-electron chi connectivity index (χ1n) is 17.4. The van der Waals surface area contributed by atoms with E-state index in [0.29, 0.717) is 67.6 Å². The molecule has 9 N–H and O–H groups in total. The Hall–Kier alpha value is -5.81. The van der Waals surface area contributed by atoms with Crippen LogP contribution >= 0.6 is 0 Å². The average molecular weight is 761 g/mol. The fourth-order valence-electron chi connectivity index (χ4n) is 6.94. The number of ether oxygens (including phenoxy) is 2. The molecular formula is C39H44N4O12. The molecule has 1 fully saturated rings. The molecule has 0 aromatic carbocycles. The standard InChI is InChI=1S/C39H44N4O12/c1-7-20-19(6)36(50)43-27(20)14-25-18(5)23(10-12-31(46)54-39-34(49)32(47)33(48)35(55-39)38(52)53)29(41-25)15-28-22(9-11-30(44)45)17(4)24(40-28)13-26-16(3)21(8-2)37(51)42-26/h7-8,13-14,32-35,39-41,47-49H,1-2,9-12,15H2,3-6H3,(H,42,51)(H,43,50)(H,44,45)(H,52,53)/b26-13+,27-14+/t32-,33-,34+,35-,39+/m0/s1. The molecule has 292 valence electrons. The molecule has 0 saturated carbocycles. The van der Waals surface area contributed by atoms with Crippen molar-refractivity contribution >= 4 is 41.9 Å². The van der Waals surface area contributed by atoms with Crippen molar-refractivity contribution in [3.63, 3.8) is 0 Å². The number of carboxylic acid groups (broad SMARTS) is 2. The molecule has 5 rings (SSSR count). The largest absolute Gasteiger partial charge is 0.481 e. The molecule has 55 heavy (non-hydrogen) atoms. The van der Waals surface area contributed by atoms with Gasteiger partial charge in [0.15, 0.2) is 6.10 Å². The topological polar surface area (TPSA) is 261 Å². The van der Waals surface area contributed by atoms with Gasteiger partial charge >= 0.3 is 17.9 Å². The van der Waals surface area contributed by atoms with Crippen molar-refractivity contribution in [2.75, 3.05) is 0 Å². The summed E-state index contributed by atoms with van der Waals surface area (Å²) in [4.78, 5) is 68.1. The molecule has 1 saturated heterocycles. The number of aromatic amines is 2. The lowest BCUT2D eigenvalue weighted by Crippen LogP contribution is -2.60. The molecule has 3 aliphatic rings. The van der Waals surface area contributed by atoms with Gasteiger partial charge in [-0.3, -0.25) is 19.2 Å². The second-order valence-electron chi connectivity index (χ2n) is 13.5. The van der Waals surface area contributed by atoms with Gasteiger partial charge in [0.25, 0.3) is 11.8 Å². The number of aromatic nitrogens is 2. The molecule has 0 spiro atoms. The number of esters is 1. The maximum atomic E-state index is 13.1. The Morgan fingerprint density at radius 2 is 1.29 bits per heavy atom. The van der Waals surface area contributed by atoms with E-state index in [-0.39, 0.29) is 43.9 Å². The van der Waals surface area contributed by atoms with E-state index in [1.165, 1.54) is 6.08 Å². The third kappa shape index (κ3) is 8.17. The van der Waals surface area contributed by atoms with Crippen LogP contribution in [-0.2, 0) is 52.7 Å². The first-order chi connectivity index (χ1) is 26.0. The van der Waals surface area contributed by atoms with E-state index >= 15 is 0 Å². The lowest BCUT2D eigenvalue weighted by atomic mass is 9.98. The molecule has 3 aliphatic heterocycles. The lowest BCUT2D eigenvalue weighted by Gasteiger charge is -2.37. The Bertz CT molecular complexity index is 2110. The van der Waals surface area contributed by atoms with Crippen LogP contribution < -0.4 is 10.6 Å². The summed E-state index contributed by atoms with van der Waals surface area (Å²) in [5.41, 5.74) is 8.76. The zero-order valence-electron chi connectivity index (χ0n) is 30.7. The highest BCUT2D eigenvalue weighted by Crippen LogP contribution is 2.32. The Morgan fingerprint density at radius 1 is 0.745 bits per heavy atom. The molecule has 0 unspecified atom stereocenters. The third-order valence-corrected chi connectivity index (χ3v) is 10.2. The number of hydrogen-bond acceptors (Lipinski definition) is 10. The number of aliphatic carboxylic acids is 2. The van der Waals surface area contributed by atoms with Gasteiger partial charge in [-0.1, -0.05) is 25.3 Å². The van der Waals surface area contributed by atoms with E-state index in [1.54, 1.807) is 32.1 Å². The van der Waals surface area contributed by atoms with Crippen LogP contribution in [0.5, 0.6) is 0 Å². The summed E-state index contributed by atoms with van der Waals surface area (Å²) in [6, 6.07) is 0. The molecule has 16 nitrogen and oxygen atoms in total. The van der Waals surface area contributed by atoms with E-state index in [1.807, 2.05) is 13.8 Å². The van der Waals surface area contributed by atoms with Gasteiger partial charge in [0.1, 0.15) is 18.3 Å². The molecule has 2 aromatic rings. The first-order valence-corrected chi connectivity index (χ1v) is 17.4. The highest BCUT2D eigenvalue weighted by atomic mass is 16.7. The molecule has 16 heteroatoms. The molecular weight excluding hydrogens is 716 g/mol. The predicted octanol–water partition coefficient (Wildman–Crippen LogP) is 1.88. The van der Waals surface area contributed by atoms with Crippen molar-refractivity contribution in [2.45, 2.75) is 90.5 Å². The van der Waals surface area contributed by atoms with E-state index in [4.69, 9.17) is 9.47 Å². The second kappa shape index (κ2) is 16.3. The summed E-state index contributed by atoms with van der Waals surface area (Å²) in [7, 11) is 0. The minimum absolute atomic E-state index is 0.0625. The van der Waals surface area contributed by atoms with Gasteiger partial charge in [0.05, 0.1) is 5.70 Å². The fraction of sp³-hybridized carbons (Fsp3) is 0.359. The number of carbonyl (C=O) groups is 5. The van der Waals surface area contributed by atoms with Crippen LogP contribution in [0.2, 0.25) is 0 Å². The van der Waals surface area contributed by atoms with Gasteiger partial charge in [-0.2, -0.15) is 0 Å². The number of amides is 2. The van der Waals surface area contributed by atoms with Gasteiger partial charge in [-0.05, 0) is 80.5 Å². The van der Waals surface area contributed by atoms with Crippen LogP contribution in [0.4, 0.5) is 0 Å². The summed E-state index contributed by atoms with van der Waals surface area (Å²) >= 11 is 0. The molecule has 2 amide bonds.